The van der Waals surface area contributed by atoms with E-state index in [9.17, 15) is 19.2 Å². The maximum atomic E-state index is 12.6. The molecule has 2 spiro atoms. The number of likely N-dealkylation sites (N-methyl/N-ethyl adjacent to an activating group) is 2. The van der Waals surface area contributed by atoms with E-state index in [4.69, 9.17) is 5.73 Å². The van der Waals surface area contributed by atoms with Gasteiger partial charge in [-0.05, 0) is 11.1 Å². The van der Waals surface area contributed by atoms with Crippen molar-refractivity contribution in [3.05, 3.63) is 71.8 Å². The molecule has 2 N–H and O–H groups in total. The predicted molar refractivity (Wildman–Crippen MR) is 157 cm³/mol. The van der Waals surface area contributed by atoms with Crippen molar-refractivity contribution in [3.63, 3.8) is 0 Å². The minimum atomic E-state index is -0.717. The van der Waals surface area contributed by atoms with Crippen molar-refractivity contribution in [2.75, 3.05) is 27.2 Å². The number of carbonyl (C=O) groups excluding carboxylic acids is 4. The zero-order valence-electron chi connectivity index (χ0n) is 23.9. The van der Waals surface area contributed by atoms with E-state index in [1.165, 1.54) is 0 Å². The SMILES string of the molecule is C.CC1C(=O)N(C)C2(CN(Cc3ccccc3)C2=O)C1C.CC1C(N)C(=O)N(C)C12CN(Cc1ccccc1)C2=O. The van der Waals surface area contributed by atoms with Crippen LogP contribution in [0.4, 0.5) is 0 Å². The van der Waals surface area contributed by atoms with Crippen LogP contribution in [-0.2, 0) is 32.3 Å². The molecule has 4 amide bonds. The number of nitrogens with two attached hydrogens (primary N) is 1. The van der Waals surface area contributed by atoms with Gasteiger partial charge in [-0.3, -0.25) is 19.2 Å². The van der Waals surface area contributed by atoms with Crippen LogP contribution in [0.15, 0.2) is 60.7 Å². The first-order valence-corrected chi connectivity index (χ1v) is 13.9. The van der Waals surface area contributed by atoms with E-state index in [2.05, 4.69) is 0 Å². The van der Waals surface area contributed by atoms with Crippen LogP contribution in [0.5, 0.6) is 0 Å². The average molecular weight is 562 g/mol. The van der Waals surface area contributed by atoms with E-state index in [1.54, 1.807) is 28.8 Å². The largest absolute Gasteiger partial charge is 0.333 e. The molecule has 4 aliphatic heterocycles. The molecule has 4 aliphatic rings. The van der Waals surface area contributed by atoms with Gasteiger partial charge in [-0.1, -0.05) is 88.9 Å². The molecule has 0 aromatic heterocycles. The van der Waals surface area contributed by atoms with Crippen LogP contribution in [0.1, 0.15) is 39.3 Å². The second-order valence-electron chi connectivity index (χ2n) is 11.8. The minimum Gasteiger partial charge on any atom is -0.333 e. The third-order valence-corrected chi connectivity index (χ3v) is 9.94. The van der Waals surface area contributed by atoms with Gasteiger partial charge in [0.1, 0.15) is 11.1 Å². The molecule has 6 unspecified atom stereocenters. The van der Waals surface area contributed by atoms with Gasteiger partial charge in [-0.25, -0.2) is 0 Å². The second kappa shape index (κ2) is 10.9. The lowest BCUT2D eigenvalue weighted by Gasteiger charge is -2.52. The molecule has 0 saturated carbocycles. The first-order valence-electron chi connectivity index (χ1n) is 13.9. The van der Waals surface area contributed by atoms with Gasteiger partial charge in [0.05, 0.1) is 19.1 Å². The molecule has 9 heteroatoms. The minimum absolute atomic E-state index is 0. The Balaban J connectivity index is 0.000000184. The number of hydrogen-bond acceptors (Lipinski definition) is 5. The molecule has 220 valence electrons. The first-order chi connectivity index (χ1) is 19.0. The zero-order chi connectivity index (χ0) is 29.0. The summed E-state index contributed by atoms with van der Waals surface area (Å²) in [6, 6.07) is 19.3. The number of nitrogens with zero attached hydrogens (tertiary/aromatic N) is 4. The van der Waals surface area contributed by atoms with Crippen LogP contribution < -0.4 is 5.73 Å². The number of likely N-dealkylation sites (tertiary alicyclic amines) is 4. The normalized spacial score (nSPS) is 32.1. The predicted octanol–water partition coefficient (Wildman–Crippen LogP) is 2.35. The van der Waals surface area contributed by atoms with Crippen molar-refractivity contribution in [2.24, 2.45) is 23.5 Å². The maximum absolute atomic E-state index is 12.6. The molecule has 41 heavy (non-hydrogen) atoms. The fourth-order valence-electron chi connectivity index (χ4n) is 6.94. The third kappa shape index (κ3) is 4.41. The number of carbonyl (C=O) groups is 4. The summed E-state index contributed by atoms with van der Waals surface area (Å²) in [4.78, 5) is 56.1. The molecule has 6 rings (SSSR count). The molecular formula is C32H43N5O4. The fourth-order valence-corrected chi connectivity index (χ4v) is 6.94. The van der Waals surface area contributed by atoms with Crippen LogP contribution >= 0.6 is 0 Å². The number of benzene rings is 2. The summed E-state index contributed by atoms with van der Waals surface area (Å²) in [6.45, 7) is 8.27. The van der Waals surface area contributed by atoms with Crippen LogP contribution in [-0.4, -0.2) is 87.5 Å². The molecule has 0 bridgehead atoms. The standard InChI is InChI=1S/C16H20N2O2.C15H19N3O2.CH4/c1-11-12(2)16(17(3)14(11)19)10-18(15(16)20)9-13-7-5-4-6-8-13;1-10-12(16)13(19)17(2)15(10)9-18(14(15)20)8-11-6-4-3-5-7-11;/h4-8,11-12H,9-10H2,1-3H3;3-7,10,12H,8-9,16H2,1-2H3;1H4. The Hall–Kier alpha value is -3.72. The summed E-state index contributed by atoms with van der Waals surface area (Å²) >= 11 is 0. The van der Waals surface area contributed by atoms with Crippen molar-refractivity contribution in [2.45, 2.75) is 58.4 Å². The van der Waals surface area contributed by atoms with E-state index in [0.717, 1.165) is 11.1 Å². The van der Waals surface area contributed by atoms with E-state index in [0.29, 0.717) is 26.2 Å². The Morgan fingerprint density at radius 2 is 1.07 bits per heavy atom. The second-order valence-corrected chi connectivity index (χ2v) is 11.8. The molecular weight excluding hydrogens is 518 g/mol. The Morgan fingerprint density at radius 1 is 0.683 bits per heavy atom. The molecule has 2 aromatic rings. The lowest BCUT2D eigenvalue weighted by Crippen LogP contribution is -2.73. The van der Waals surface area contributed by atoms with Gasteiger partial charge in [0.25, 0.3) is 11.8 Å². The summed E-state index contributed by atoms with van der Waals surface area (Å²) in [5.74, 6) is -0.0657. The number of amides is 4. The zero-order valence-corrected chi connectivity index (χ0v) is 23.9. The van der Waals surface area contributed by atoms with E-state index in [-0.39, 0.29) is 48.8 Å². The molecule has 6 atom stereocenters. The van der Waals surface area contributed by atoms with E-state index in [1.807, 2.05) is 86.3 Å². The van der Waals surface area contributed by atoms with Gasteiger partial charge < -0.3 is 25.3 Å². The number of β-lactam (4-membered cyclic amide) rings is 2. The number of rotatable bonds is 4. The summed E-state index contributed by atoms with van der Waals surface area (Å²) in [5, 5.41) is 0. The van der Waals surface area contributed by atoms with Gasteiger partial charge in [0.2, 0.25) is 11.8 Å². The molecule has 2 aromatic carbocycles. The Kier molecular flexibility index (Phi) is 8.06. The molecule has 4 heterocycles. The summed E-state index contributed by atoms with van der Waals surface area (Å²) in [5.41, 5.74) is 6.81. The third-order valence-electron chi connectivity index (χ3n) is 9.94. The molecule has 9 nitrogen and oxygen atoms in total. The van der Waals surface area contributed by atoms with Crippen molar-refractivity contribution in [1.29, 1.82) is 0 Å². The maximum Gasteiger partial charge on any atom is 0.251 e. The van der Waals surface area contributed by atoms with Crippen molar-refractivity contribution in [3.8, 4) is 0 Å². The lowest BCUT2D eigenvalue weighted by atomic mass is 9.75. The van der Waals surface area contributed by atoms with E-state index < -0.39 is 17.1 Å². The van der Waals surface area contributed by atoms with Crippen LogP contribution in [0.2, 0.25) is 0 Å². The van der Waals surface area contributed by atoms with Crippen LogP contribution in [0.25, 0.3) is 0 Å². The average Bonchev–Trinajstić information content (AvgIpc) is 3.26. The monoisotopic (exact) mass is 561 g/mol. The molecule has 4 fully saturated rings. The highest BCUT2D eigenvalue weighted by Crippen LogP contribution is 2.46. The van der Waals surface area contributed by atoms with Crippen molar-refractivity contribution in [1.82, 2.24) is 19.6 Å². The summed E-state index contributed by atoms with van der Waals surface area (Å²) in [7, 11) is 3.45. The smallest absolute Gasteiger partial charge is 0.251 e. The highest BCUT2D eigenvalue weighted by atomic mass is 16.2. The Morgan fingerprint density at radius 3 is 1.39 bits per heavy atom. The summed E-state index contributed by atoms with van der Waals surface area (Å²) in [6.07, 6.45) is 0. The Labute approximate surface area is 243 Å². The van der Waals surface area contributed by atoms with Crippen LogP contribution in [0, 0.1) is 17.8 Å². The molecule has 0 aliphatic carbocycles. The fraction of sp³-hybridized carbons (Fsp3) is 0.500. The Bertz CT molecular complexity index is 1220. The van der Waals surface area contributed by atoms with Crippen molar-refractivity contribution >= 4 is 23.6 Å². The summed E-state index contributed by atoms with van der Waals surface area (Å²) < 4.78 is 0. The quantitative estimate of drug-likeness (QED) is 0.577. The van der Waals surface area contributed by atoms with Gasteiger partial charge in [0.15, 0.2) is 0 Å². The van der Waals surface area contributed by atoms with Gasteiger partial charge in [-0.15, -0.1) is 0 Å². The first kappa shape index (κ1) is 30.2. The lowest BCUT2D eigenvalue weighted by molar-refractivity contribution is -0.168. The van der Waals surface area contributed by atoms with Gasteiger partial charge in [0, 0.05) is 44.9 Å². The number of hydrogen-bond donors (Lipinski definition) is 1. The van der Waals surface area contributed by atoms with Gasteiger partial charge in [-0.2, -0.15) is 0 Å². The van der Waals surface area contributed by atoms with Crippen molar-refractivity contribution < 1.29 is 19.2 Å². The topological polar surface area (TPSA) is 107 Å². The van der Waals surface area contributed by atoms with Gasteiger partial charge >= 0.3 is 0 Å². The van der Waals surface area contributed by atoms with E-state index >= 15 is 0 Å². The highest BCUT2D eigenvalue weighted by molar-refractivity contribution is 6.02. The highest BCUT2D eigenvalue weighted by Gasteiger charge is 2.66. The molecule has 4 saturated heterocycles. The molecule has 0 radical (unpaired) electrons. The van der Waals surface area contributed by atoms with Crippen LogP contribution in [0.3, 0.4) is 0 Å².